The number of hydrogen-bond acceptors (Lipinski definition) is 3. The van der Waals surface area contributed by atoms with Crippen molar-refractivity contribution in [3.63, 3.8) is 0 Å². The van der Waals surface area contributed by atoms with Crippen LogP contribution in [0.4, 0.5) is 0 Å². The number of benzene rings is 2. The Morgan fingerprint density at radius 1 is 0.880 bits per heavy atom. The third kappa shape index (κ3) is 1.94. The molecule has 0 fully saturated rings. The van der Waals surface area contributed by atoms with E-state index >= 15 is 0 Å². The predicted octanol–water partition coefficient (Wildman–Crippen LogP) is 4.84. The largest absolute Gasteiger partial charge is 0.452 e. The summed E-state index contributed by atoms with van der Waals surface area (Å²) in [6.45, 7) is 4.10. The van der Waals surface area contributed by atoms with Gasteiger partial charge in [0.05, 0.1) is 23.4 Å². The van der Waals surface area contributed by atoms with Gasteiger partial charge in [-0.2, -0.15) is 0 Å². The van der Waals surface area contributed by atoms with Crippen molar-refractivity contribution in [3.05, 3.63) is 60.0 Å². The lowest BCUT2D eigenvalue weighted by Crippen LogP contribution is -2.31. The molecule has 2 aromatic carbocycles. The van der Waals surface area contributed by atoms with E-state index in [-0.39, 0.29) is 0 Å². The van der Waals surface area contributed by atoms with Gasteiger partial charge in [0.15, 0.2) is 22.4 Å². The minimum Gasteiger partial charge on any atom is -0.452 e. The van der Waals surface area contributed by atoms with Gasteiger partial charge in [-0.05, 0) is 30.7 Å². The van der Waals surface area contributed by atoms with Crippen LogP contribution in [0.15, 0.2) is 57.6 Å². The van der Waals surface area contributed by atoms with Crippen LogP contribution in [0.3, 0.4) is 0 Å². The summed E-state index contributed by atoms with van der Waals surface area (Å²) < 4.78 is 14.4. The lowest BCUT2D eigenvalue weighted by atomic mass is 10.0. The van der Waals surface area contributed by atoms with Gasteiger partial charge in [-0.25, -0.2) is 4.57 Å². The Morgan fingerprint density at radius 3 is 2.56 bits per heavy atom. The second-order valence-corrected chi connectivity index (χ2v) is 6.52. The molecule has 0 unspecified atom stereocenters. The standard InChI is InChI=1S/C21H17N2O2/c1-12-8-9-15-19(18(12)16-10-13(2)22-11-23(16)3)25-20-14-6-4-5-7-17(14)24-21(15)20/h4-11H,1-3H3/q+1. The topological polar surface area (TPSA) is 43.0 Å². The smallest absolute Gasteiger partial charge is 0.286 e. The highest BCUT2D eigenvalue weighted by atomic mass is 16.4. The lowest BCUT2D eigenvalue weighted by Gasteiger charge is -2.07. The maximum Gasteiger partial charge on any atom is 0.286 e. The summed E-state index contributed by atoms with van der Waals surface area (Å²) in [6, 6.07) is 14.3. The van der Waals surface area contributed by atoms with E-state index in [2.05, 4.69) is 30.1 Å². The summed E-state index contributed by atoms with van der Waals surface area (Å²) >= 11 is 0. The van der Waals surface area contributed by atoms with Crippen molar-refractivity contribution in [2.45, 2.75) is 13.8 Å². The van der Waals surface area contributed by atoms with Crippen LogP contribution in [-0.4, -0.2) is 4.98 Å². The fraction of sp³-hybridized carbons (Fsp3) is 0.143. The number of aromatic nitrogens is 2. The molecule has 0 spiro atoms. The van der Waals surface area contributed by atoms with Gasteiger partial charge in [0, 0.05) is 13.0 Å². The van der Waals surface area contributed by atoms with Gasteiger partial charge < -0.3 is 8.83 Å². The number of fused-ring (bicyclic) bond motifs is 5. The minimum absolute atomic E-state index is 0.811. The van der Waals surface area contributed by atoms with Gasteiger partial charge in [-0.3, -0.25) is 0 Å². The number of aryl methyl sites for hydroxylation is 3. The average molecular weight is 329 g/mol. The first-order chi connectivity index (χ1) is 12.1. The summed E-state index contributed by atoms with van der Waals surface area (Å²) in [5.41, 5.74) is 7.64. The minimum atomic E-state index is 0.811. The molecule has 0 saturated heterocycles. The maximum atomic E-state index is 6.34. The van der Waals surface area contributed by atoms with E-state index in [4.69, 9.17) is 8.83 Å². The highest BCUT2D eigenvalue weighted by Crippen LogP contribution is 2.40. The fourth-order valence-electron chi connectivity index (χ4n) is 3.51. The molecule has 4 nitrogen and oxygen atoms in total. The van der Waals surface area contributed by atoms with Crippen molar-refractivity contribution >= 4 is 33.1 Å². The Hall–Kier alpha value is -3.14. The van der Waals surface area contributed by atoms with Crippen LogP contribution in [0.1, 0.15) is 11.3 Å². The number of hydrogen-bond donors (Lipinski definition) is 0. The molecule has 0 amide bonds. The van der Waals surface area contributed by atoms with Crippen LogP contribution in [0, 0.1) is 13.8 Å². The molecule has 5 aromatic rings. The number of nitrogens with zero attached hydrogens (tertiary/aromatic N) is 2. The monoisotopic (exact) mass is 329 g/mol. The van der Waals surface area contributed by atoms with Crippen molar-refractivity contribution in [2.24, 2.45) is 7.05 Å². The van der Waals surface area contributed by atoms with E-state index < -0.39 is 0 Å². The van der Waals surface area contributed by atoms with E-state index in [1.54, 1.807) is 0 Å². The van der Waals surface area contributed by atoms with Crippen LogP contribution in [-0.2, 0) is 7.05 Å². The zero-order valence-corrected chi connectivity index (χ0v) is 14.3. The maximum absolute atomic E-state index is 6.34. The molecule has 0 aliphatic carbocycles. The first-order valence-corrected chi connectivity index (χ1v) is 8.29. The quantitative estimate of drug-likeness (QED) is 0.413. The van der Waals surface area contributed by atoms with Gasteiger partial charge in [0.2, 0.25) is 0 Å². The average Bonchev–Trinajstić information content (AvgIpc) is 3.13. The summed E-state index contributed by atoms with van der Waals surface area (Å²) in [7, 11) is 2.00. The van der Waals surface area contributed by atoms with Crippen LogP contribution < -0.4 is 4.57 Å². The number of rotatable bonds is 1. The Morgan fingerprint density at radius 2 is 1.68 bits per heavy atom. The molecule has 0 aliphatic heterocycles. The summed E-state index contributed by atoms with van der Waals surface area (Å²) in [4.78, 5) is 4.36. The molecule has 3 aromatic heterocycles. The van der Waals surface area contributed by atoms with Crippen LogP contribution in [0.5, 0.6) is 0 Å². The molecule has 5 rings (SSSR count). The molecule has 0 radical (unpaired) electrons. The molecule has 0 bridgehead atoms. The van der Waals surface area contributed by atoms with E-state index in [1.165, 1.54) is 0 Å². The van der Waals surface area contributed by atoms with E-state index in [0.29, 0.717) is 0 Å². The Labute approximate surface area is 144 Å². The van der Waals surface area contributed by atoms with Gasteiger partial charge in [0.25, 0.3) is 6.33 Å². The van der Waals surface area contributed by atoms with Crippen LogP contribution in [0.25, 0.3) is 44.4 Å². The van der Waals surface area contributed by atoms with Crippen LogP contribution >= 0.6 is 0 Å². The zero-order chi connectivity index (χ0) is 17.1. The Balaban J connectivity index is 1.94. The SMILES string of the molecule is Cc1cc(-c2c(C)ccc3c2oc2c4ccccc4oc32)[n+](C)cn1. The fourth-order valence-corrected chi connectivity index (χ4v) is 3.51. The summed E-state index contributed by atoms with van der Waals surface area (Å²) in [6.07, 6.45) is 1.84. The van der Waals surface area contributed by atoms with Crippen molar-refractivity contribution in [3.8, 4) is 11.3 Å². The summed E-state index contributed by atoms with van der Waals surface area (Å²) in [5, 5.41) is 2.01. The number of furan rings is 2. The van der Waals surface area contributed by atoms with Gasteiger partial charge >= 0.3 is 0 Å². The second-order valence-electron chi connectivity index (χ2n) is 6.52. The highest BCUT2D eigenvalue weighted by molar-refractivity contribution is 6.15. The van der Waals surface area contributed by atoms with E-state index in [0.717, 1.165) is 55.6 Å². The molecule has 0 atom stereocenters. The van der Waals surface area contributed by atoms with Gasteiger partial charge in [0.1, 0.15) is 11.3 Å². The highest BCUT2D eigenvalue weighted by Gasteiger charge is 2.22. The molecular formula is C21H17N2O2+. The molecule has 0 N–H and O–H groups in total. The van der Waals surface area contributed by atoms with Crippen molar-refractivity contribution in [1.82, 2.24) is 4.98 Å². The first-order valence-electron chi connectivity index (χ1n) is 8.29. The molecule has 0 saturated carbocycles. The molecule has 122 valence electrons. The molecule has 3 heterocycles. The Kier molecular flexibility index (Phi) is 2.80. The van der Waals surface area contributed by atoms with Crippen molar-refractivity contribution in [2.75, 3.05) is 0 Å². The molecule has 0 aliphatic rings. The van der Waals surface area contributed by atoms with Gasteiger partial charge in [-0.15, -0.1) is 0 Å². The van der Waals surface area contributed by atoms with Crippen molar-refractivity contribution < 1.29 is 13.4 Å². The Bertz CT molecular complexity index is 1280. The third-order valence-corrected chi connectivity index (χ3v) is 4.78. The summed E-state index contributed by atoms with van der Waals surface area (Å²) in [5.74, 6) is 0. The first kappa shape index (κ1) is 14.2. The van der Waals surface area contributed by atoms with E-state index in [9.17, 15) is 0 Å². The predicted molar refractivity (Wildman–Crippen MR) is 97.4 cm³/mol. The second kappa shape index (κ2) is 4.93. The number of para-hydroxylation sites is 1. The van der Waals surface area contributed by atoms with Gasteiger partial charge in [-0.1, -0.05) is 23.2 Å². The molecule has 4 heteroatoms. The third-order valence-electron chi connectivity index (χ3n) is 4.78. The lowest BCUT2D eigenvalue weighted by molar-refractivity contribution is -0.663. The van der Waals surface area contributed by atoms with Crippen LogP contribution in [0.2, 0.25) is 0 Å². The molecule has 25 heavy (non-hydrogen) atoms. The van der Waals surface area contributed by atoms with Crippen molar-refractivity contribution in [1.29, 1.82) is 0 Å². The zero-order valence-electron chi connectivity index (χ0n) is 14.3. The van der Waals surface area contributed by atoms with E-state index in [1.807, 2.05) is 49.1 Å². The molecular weight excluding hydrogens is 312 g/mol. The normalized spacial score (nSPS) is 11.8.